The third kappa shape index (κ3) is 5.62. The molecule has 0 aromatic carbocycles. The van der Waals surface area contributed by atoms with Gasteiger partial charge in [-0.3, -0.25) is 4.79 Å². The number of nitrogens with zero attached hydrogens (tertiary/aromatic N) is 1. The van der Waals surface area contributed by atoms with Gasteiger partial charge in [0, 0.05) is 12.6 Å². The Balaban J connectivity index is 2.63. The van der Waals surface area contributed by atoms with Crippen molar-refractivity contribution in [2.24, 2.45) is 0 Å². The second-order valence-electron chi connectivity index (χ2n) is 5.52. The zero-order valence-electron chi connectivity index (χ0n) is 13.9. The number of hydrogen-bond acceptors (Lipinski definition) is 6. The van der Waals surface area contributed by atoms with E-state index >= 15 is 0 Å². The lowest BCUT2D eigenvalue weighted by atomic mass is 10.2. The number of amides is 1. The minimum absolute atomic E-state index is 0.0356. The van der Waals surface area contributed by atoms with E-state index in [1.54, 1.807) is 6.92 Å². The highest BCUT2D eigenvalue weighted by Crippen LogP contribution is 2.19. The zero-order valence-corrected chi connectivity index (χ0v) is 14.7. The SMILES string of the molecule is C=CCOC(C)C(=O)OC(C)C(=O)N(CC)C1CCS(=O)(=O)C1. The highest BCUT2D eigenvalue weighted by Gasteiger charge is 2.36. The Kier molecular flexibility index (Phi) is 7.21. The van der Waals surface area contributed by atoms with Crippen molar-refractivity contribution in [1.82, 2.24) is 4.90 Å². The van der Waals surface area contributed by atoms with Crippen LogP contribution in [0.5, 0.6) is 0 Å². The maximum Gasteiger partial charge on any atom is 0.335 e. The second kappa shape index (κ2) is 8.44. The summed E-state index contributed by atoms with van der Waals surface area (Å²) in [5.74, 6) is -0.976. The van der Waals surface area contributed by atoms with Gasteiger partial charge in [0.1, 0.15) is 0 Å². The molecule has 132 valence electrons. The third-order valence-corrected chi connectivity index (χ3v) is 5.46. The number of carbonyl (C=O) groups excluding carboxylic acids is 2. The largest absolute Gasteiger partial charge is 0.451 e. The highest BCUT2D eigenvalue weighted by atomic mass is 32.2. The molecule has 1 amide bonds. The Labute approximate surface area is 137 Å². The van der Waals surface area contributed by atoms with E-state index in [1.165, 1.54) is 24.8 Å². The summed E-state index contributed by atoms with van der Waals surface area (Å²) >= 11 is 0. The smallest absolute Gasteiger partial charge is 0.335 e. The number of hydrogen-bond donors (Lipinski definition) is 0. The predicted molar refractivity (Wildman–Crippen MR) is 85.6 cm³/mol. The first-order valence-electron chi connectivity index (χ1n) is 7.65. The van der Waals surface area contributed by atoms with E-state index in [4.69, 9.17) is 9.47 Å². The topological polar surface area (TPSA) is 90.0 Å². The van der Waals surface area contributed by atoms with E-state index in [0.29, 0.717) is 13.0 Å². The molecule has 8 heteroatoms. The van der Waals surface area contributed by atoms with Crippen molar-refractivity contribution in [3.8, 4) is 0 Å². The van der Waals surface area contributed by atoms with Gasteiger partial charge in [-0.25, -0.2) is 13.2 Å². The van der Waals surface area contributed by atoms with Crippen LogP contribution in [0.25, 0.3) is 0 Å². The summed E-state index contributed by atoms with van der Waals surface area (Å²) in [6, 6.07) is -0.354. The Morgan fingerprint density at radius 3 is 2.48 bits per heavy atom. The Morgan fingerprint density at radius 2 is 2.00 bits per heavy atom. The molecule has 1 fully saturated rings. The zero-order chi connectivity index (χ0) is 17.6. The standard InChI is InChI=1S/C15H25NO6S/c1-5-8-21-12(4)15(18)22-11(3)14(17)16(6-2)13-7-9-23(19,20)10-13/h5,11-13H,1,6-10H2,2-4H3. The lowest BCUT2D eigenvalue weighted by molar-refractivity contribution is -0.167. The molecule has 7 nitrogen and oxygen atoms in total. The van der Waals surface area contributed by atoms with Crippen LogP contribution in [0.4, 0.5) is 0 Å². The van der Waals surface area contributed by atoms with Crippen LogP contribution in [0.3, 0.4) is 0 Å². The van der Waals surface area contributed by atoms with Crippen molar-refractivity contribution >= 4 is 21.7 Å². The van der Waals surface area contributed by atoms with Gasteiger partial charge in [-0.1, -0.05) is 6.08 Å². The van der Waals surface area contributed by atoms with Crippen molar-refractivity contribution in [2.75, 3.05) is 24.7 Å². The molecular weight excluding hydrogens is 322 g/mol. The highest BCUT2D eigenvalue weighted by molar-refractivity contribution is 7.91. The monoisotopic (exact) mass is 347 g/mol. The first kappa shape index (κ1) is 19.6. The molecule has 0 aromatic rings. The van der Waals surface area contributed by atoms with Gasteiger partial charge in [0.15, 0.2) is 22.0 Å². The predicted octanol–water partition coefficient (Wildman–Crippen LogP) is 0.545. The van der Waals surface area contributed by atoms with E-state index in [0.717, 1.165) is 0 Å². The first-order chi connectivity index (χ1) is 10.7. The maximum atomic E-state index is 12.4. The number of likely N-dealkylation sites (N-methyl/N-ethyl adjacent to an activating group) is 1. The Morgan fingerprint density at radius 1 is 1.35 bits per heavy atom. The van der Waals surface area contributed by atoms with Crippen LogP contribution in [0.15, 0.2) is 12.7 Å². The first-order valence-corrected chi connectivity index (χ1v) is 9.47. The summed E-state index contributed by atoms with van der Waals surface area (Å²) in [5.41, 5.74) is 0. The average Bonchev–Trinajstić information content (AvgIpc) is 2.85. The van der Waals surface area contributed by atoms with Crippen molar-refractivity contribution < 1.29 is 27.5 Å². The lowest BCUT2D eigenvalue weighted by Gasteiger charge is -2.29. The minimum atomic E-state index is -3.09. The maximum absolute atomic E-state index is 12.4. The molecule has 1 saturated heterocycles. The van der Waals surface area contributed by atoms with Crippen LogP contribution in [0.2, 0.25) is 0 Å². The van der Waals surface area contributed by atoms with Crippen LogP contribution < -0.4 is 0 Å². The fourth-order valence-corrected chi connectivity index (χ4v) is 4.18. The van der Waals surface area contributed by atoms with Crippen LogP contribution in [0, 0.1) is 0 Å². The van der Waals surface area contributed by atoms with Crippen molar-refractivity contribution in [3.05, 3.63) is 12.7 Å². The molecule has 1 heterocycles. The quantitative estimate of drug-likeness (QED) is 0.470. The second-order valence-corrected chi connectivity index (χ2v) is 7.75. The summed E-state index contributed by atoms with van der Waals surface area (Å²) in [7, 11) is -3.09. The van der Waals surface area contributed by atoms with Gasteiger partial charge in [0.05, 0.1) is 18.1 Å². The normalized spacial score (nSPS) is 22.1. The molecule has 0 aliphatic carbocycles. The van der Waals surface area contributed by atoms with E-state index in [2.05, 4.69) is 6.58 Å². The van der Waals surface area contributed by atoms with Crippen molar-refractivity contribution in [1.29, 1.82) is 0 Å². The minimum Gasteiger partial charge on any atom is -0.451 e. The summed E-state index contributed by atoms with van der Waals surface area (Å²) in [5, 5.41) is 0. The van der Waals surface area contributed by atoms with E-state index in [-0.39, 0.29) is 30.1 Å². The van der Waals surface area contributed by atoms with Crippen LogP contribution in [0.1, 0.15) is 27.2 Å². The molecule has 23 heavy (non-hydrogen) atoms. The number of esters is 1. The van der Waals surface area contributed by atoms with Crippen LogP contribution in [-0.4, -0.2) is 68.1 Å². The molecular formula is C15H25NO6S. The molecule has 0 N–H and O–H groups in total. The fourth-order valence-electron chi connectivity index (χ4n) is 2.45. The van der Waals surface area contributed by atoms with Gasteiger partial charge in [-0.05, 0) is 27.2 Å². The van der Waals surface area contributed by atoms with E-state index < -0.39 is 28.0 Å². The molecule has 0 radical (unpaired) electrons. The van der Waals surface area contributed by atoms with Gasteiger partial charge < -0.3 is 14.4 Å². The summed E-state index contributed by atoms with van der Waals surface area (Å²) in [6.45, 7) is 8.84. The molecule has 3 atom stereocenters. The lowest BCUT2D eigenvalue weighted by Crippen LogP contribution is -2.47. The molecule has 1 aliphatic rings. The van der Waals surface area contributed by atoms with Crippen molar-refractivity contribution in [2.45, 2.75) is 45.4 Å². The number of rotatable bonds is 8. The Bertz CT molecular complexity index is 544. The van der Waals surface area contributed by atoms with Gasteiger partial charge in [0.25, 0.3) is 5.91 Å². The molecule has 0 saturated carbocycles. The molecule has 0 aromatic heterocycles. The fraction of sp³-hybridized carbons (Fsp3) is 0.733. The summed E-state index contributed by atoms with van der Waals surface area (Å²) < 4.78 is 33.4. The molecule has 1 aliphatic heterocycles. The molecule has 3 unspecified atom stereocenters. The molecule has 0 spiro atoms. The third-order valence-electron chi connectivity index (χ3n) is 3.71. The average molecular weight is 347 g/mol. The van der Waals surface area contributed by atoms with Gasteiger partial charge in [-0.15, -0.1) is 6.58 Å². The van der Waals surface area contributed by atoms with Gasteiger partial charge in [-0.2, -0.15) is 0 Å². The number of sulfone groups is 1. The van der Waals surface area contributed by atoms with Crippen molar-refractivity contribution in [3.63, 3.8) is 0 Å². The number of ether oxygens (including phenoxy) is 2. The van der Waals surface area contributed by atoms with Crippen LogP contribution >= 0.6 is 0 Å². The molecule has 0 bridgehead atoms. The van der Waals surface area contributed by atoms with Gasteiger partial charge in [0.2, 0.25) is 0 Å². The number of carbonyl (C=O) groups is 2. The Hall–Kier alpha value is -1.41. The molecule has 1 rings (SSSR count). The summed E-state index contributed by atoms with van der Waals surface area (Å²) in [4.78, 5) is 25.8. The van der Waals surface area contributed by atoms with E-state index in [9.17, 15) is 18.0 Å². The summed E-state index contributed by atoms with van der Waals surface area (Å²) in [6.07, 6.45) is 0.143. The van der Waals surface area contributed by atoms with Crippen LogP contribution in [-0.2, 0) is 28.9 Å². The van der Waals surface area contributed by atoms with Gasteiger partial charge >= 0.3 is 5.97 Å². The van der Waals surface area contributed by atoms with E-state index in [1.807, 2.05) is 0 Å².